The average Bonchev–Trinajstić information content (AvgIpc) is 3.22. The minimum absolute atomic E-state index is 0.0275. The molecule has 6 rings (SSSR count). The molecule has 1 saturated heterocycles. The van der Waals surface area contributed by atoms with Crippen LogP contribution < -0.4 is 19.1 Å². The van der Waals surface area contributed by atoms with E-state index in [1.807, 2.05) is 0 Å². The predicted octanol–water partition coefficient (Wildman–Crippen LogP) is 4.35. The molecule has 9 heteroatoms. The Morgan fingerprint density at radius 3 is 2.41 bits per heavy atom. The lowest BCUT2D eigenvalue weighted by Gasteiger charge is -2.27. The molecule has 3 aliphatic rings. The maximum atomic E-state index is 13.4. The zero-order valence-electron chi connectivity index (χ0n) is 19.3. The minimum Gasteiger partial charge on any atom is -0.495 e. The minimum atomic E-state index is -4.05. The van der Waals surface area contributed by atoms with Gasteiger partial charge in [0, 0.05) is 35.3 Å². The maximum absolute atomic E-state index is 13.4. The molecule has 0 amide bonds. The third-order valence-corrected chi connectivity index (χ3v) is 8.73. The number of ether oxygens (including phenoxy) is 2. The third-order valence-electron chi connectivity index (χ3n) is 7.33. The van der Waals surface area contributed by atoms with Gasteiger partial charge in [0.1, 0.15) is 11.5 Å². The first-order chi connectivity index (χ1) is 16.5. The molecule has 8 nitrogen and oxygen atoms in total. The van der Waals surface area contributed by atoms with Crippen LogP contribution in [-0.4, -0.2) is 40.9 Å². The lowest BCUT2D eigenvalue weighted by atomic mass is 9.79. The number of hydrogen-bond acceptors (Lipinski definition) is 7. The Hall–Kier alpha value is -3.20. The van der Waals surface area contributed by atoms with Gasteiger partial charge < -0.3 is 18.9 Å². The van der Waals surface area contributed by atoms with Gasteiger partial charge in [0.15, 0.2) is 16.5 Å². The number of fused-ring (bicyclic) bond motifs is 4. The van der Waals surface area contributed by atoms with Crippen molar-refractivity contribution < 1.29 is 22.4 Å². The summed E-state index contributed by atoms with van der Waals surface area (Å²) in [6.45, 7) is 2.11. The van der Waals surface area contributed by atoms with Gasteiger partial charge in [-0.15, -0.1) is 0 Å². The van der Waals surface area contributed by atoms with Crippen LogP contribution in [0.3, 0.4) is 0 Å². The highest BCUT2D eigenvalue weighted by atomic mass is 32.2. The first-order valence-electron chi connectivity index (χ1n) is 11.6. The molecule has 1 N–H and O–H groups in total. The van der Waals surface area contributed by atoms with Crippen molar-refractivity contribution in [2.75, 3.05) is 36.9 Å². The van der Waals surface area contributed by atoms with E-state index in [2.05, 4.69) is 33.0 Å². The normalized spacial score (nSPS) is 17.9. The van der Waals surface area contributed by atoms with E-state index in [1.54, 1.807) is 18.2 Å². The monoisotopic (exact) mass is 481 g/mol. The number of nitrogens with zero attached hydrogens (tertiary/aromatic N) is 2. The lowest BCUT2D eigenvalue weighted by Crippen LogP contribution is -2.22. The number of hydrogen-bond donors (Lipinski definition) is 1. The van der Waals surface area contributed by atoms with Crippen LogP contribution >= 0.6 is 0 Å². The molecular weight excluding hydrogens is 454 g/mol. The van der Waals surface area contributed by atoms with Crippen LogP contribution in [0, 0.1) is 0 Å². The second kappa shape index (κ2) is 7.66. The molecule has 0 bridgehead atoms. The number of sulfonamides is 1. The molecule has 0 atom stereocenters. The van der Waals surface area contributed by atoms with Gasteiger partial charge in [-0.25, -0.2) is 8.42 Å². The van der Waals surface area contributed by atoms with Gasteiger partial charge in [0.05, 0.1) is 14.2 Å². The lowest BCUT2D eigenvalue weighted by molar-refractivity contribution is 0.373. The van der Waals surface area contributed by atoms with E-state index in [1.165, 1.54) is 38.3 Å². The van der Waals surface area contributed by atoms with E-state index in [-0.39, 0.29) is 27.6 Å². The molecule has 1 spiro atoms. The molecule has 2 aliphatic carbocycles. The van der Waals surface area contributed by atoms with Crippen LogP contribution in [-0.2, 0) is 21.9 Å². The Morgan fingerprint density at radius 2 is 1.76 bits per heavy atom. The summed E-state index contributed by atoms with van der Waals surface area (Å²) in [5.41, 5.74) is 4.31. The molecular formula is C25H27N3O5S. The summed E-state index contributed by atoms with van der Waals surface area (Å²) >= 11 is 0. The van der Waals surface area contributed by atoms with E-state index in [0.29, 0.717) is 12.2 Å². The molecule has 178 valence electrons. The van der Waals surface area contributed by atoms with Crippen molar-refractivity contribution in [2.24, 2.45) is 0 Å². The number of aromatic nitrogens is 1. The first-order valence-corrected chi connectivity index (χ1v) is 13.1. The van der Waals surface area contributed by atoms with Crippen molar-refractivity contribution in [3.05, 3.63) is 47.5 Å². The summed E-state index contributed by atoms with van der Waals surface area (Å²) in [6.07, 6.45) is 5.24. The molecule has 1 aliphatic heterocycles. The highest BCUT2D eigenvalue weighted by Gasteiger charge is 2.50. The van der Waals surface area contributed by atoms with Crippen molar-refractivity contribution in [1.29, 1.82) is 0 Å². The molecule has 2 aromatic carbocycles. The summed E-state index contributed by atoms with van der Waals surface area (Å²) in [7, 11) is -1.19. The van der Waals surface area contributed by atoms with E-state index in [9.17, 15) is 8.42 Å². The summed E-state index contributed by atoms with van der Waals surface area (Å²) in [4.78, 5) is 2.33. The fourth-order valence-electron chi connectivity index (χ4n) is 5.41. The van der Waals surface area contributed by atoms with Crippen molar-refractivity contribution in [1.82, 2.24) is 5.16 Å². The molecule has 34 heavy (non-hydrogen) atoms. The van der Waals surface area contributed by atoms with Crippen LogP contribution in [0.5, 0.6) is 11.5 Å². The van der Waals surface area contributed by atoms with Gasteiger partial charge >= 0.3 is 0 Å². The van der Waals surface area contributed by atoms with Crippen LogP contribution in [0.25, 0.3) is 11.3 Å². The van der Waals surface area contributed by atoms with Crippen molar-refractivity contribution in [3.8, 4) is 22.8 Å². The zero-order valence-corrected chi connectivity index (χ0v) is 20.1. The van der Waals surface area contributed by atoms with Gasteiger partial charge in [0.25, 0.3) is 10.0 Å². The fourth-order valence-corrected chi connectivity index (χ4v) is 6.76. The van der Waals surface area contributed by atoms with E-state index < -0.39 is 10.0 Å². The van der Waals surface area contributed by atoms with E-state index in [4.69, 9.17) is 14.0 Å². The summed E-state index contributed by atoms with van der Waals surface area (Å²) in [5, 5.41) is 4.18. The van der Waals surface area contributed by atoms with Crippen LogP contribution in [0.15, 0.2) is 45.8 Å². The highest BCUT2D eigenvalue weighted by molar-refractivity contribution is 7.93. The second-order valence-electron chi connectivity index (χ2n) is 9.32. The number of benzene rings is 2. The van der Waals surface area contributed by atoms with Gasteiger partial charge in [-0.3, -0.25) is 4.72 Å². The number of methoxy groups -OCH3 is 2. The van der Waals surface area contributed by atoms with Gasteiger partial charge in [-0.1, -0.05) is 17.3 Å². The van der Waals surface area contributed by atoms with Crippen molar-refractivity contribution in [3.63, 3.8) is 0 Å². The maximum Gasteiger partial charge on any atom is 0.270 e. The summed E-state index contributed by atoms with van der Waals surface area (Å²) in [5.74, 6) is 1.27. The molecule has 3 aromatic rings. The topological polar surface area (TPSA) is 93.9 Å². The highest BCUT2D eigenvalue weighted by Crippen LogP contribution is 2.59. The standard InChI is InChI=1S/C25H27N3O5S/c1-31-20-6-5-7-21(32-2)23(20)34(29,30)27-24-18-15-25(10-11-25)19-9-8-16(28-12-3-4-13-28)14-17(19)22(18)33-26-24/h5-9,14H,3-4,10-13,15H2,1-2H3,(H,26,27). The zero-order chi connectivity index (χ0) is 23.5. The van der Waals surface area contributed by atoms with Crippen molar-refractivity contribution >= 4 is 21.5 Å². The van der Waals surface area contributed by atoms with Crippen molar-refractivity contribution in [2.45, 2.75) is 42.4 Å². The van der Waals surface area contributed by atoms with Crippen LogP contribution in [0.2, 0.25) is 0 Å². The smallest absolute Gasteiger partial charge is 0.270 e. The predicted molar refractivity (Wildman–Crippen MR) is 128 cm³/mol. The van der Waals surface area contributed by atoms with Crippen LogP contribution in [0.1, 0.15) is 36.8 Å². The fraction of sp³-hybridized carbons (Fsp3) is 0.400. The molecule has 2 heterocycles. The second-order valence-corrected chi connectivity index (χ2v) is 10.9. The largest absolute Gasteiger partial charge is 0.495 e. The molecule has 1 saturated carbocycles. The Kier molecular flexibility index (Phi) is 4.81. The average molecular weight is 482 g/mol. The Morgan fingerprint density at radius 1 is 1.06 bits per heavy atom. The van der Waals surface area contributed by atoms with Gasteiger partial charge in [-0.05, 0) is 61.9 Å². The molecule has 0 unspecified atom stereocenters. The van der Waals surface area contributed by atoms with Gasteiger partial charge in [-0.2, -0.15) is 0 Å². The van der Waals surface area contributed by atoms with E-state index in [0.717, 1.165) is 37.1 Å². The SMILES string of the molecule is COc1cccc(OC)c1S(=O)(=O)Nc1noc2c1CC1(CC1)c1ccc(N3CCCC3)cc1-2. The summed E-state index contributed by atoms with van der Waals surface area (Å²) in [6, 6.07) is 11.5. The molecule has 0 radical (unpaired) electrons. The number of nitrogens with one attached hydrogen (secondary N) is 1. The number of rotatable bonds is 6. The molecule has 1 aromatic heterocycles. The molecule has 2 fully saturated rings. The quantitative estimate of drug-likeness (QED) is 0.559. The van der Waals surface area contributed by atoms with Crippen LogP contribution in [0.4, 0.5) is 11.5 Å². The Balaban J connectivity index is 1.42. The van der Waals surface area contributed by atoms with E-state index >= 15 is 0 Å². The van der Waals surface area contributed by atoms with Gasteiger partial charge in [0.2, 0.25) is 0 Å². The number of anilines is 2. The first kappa shape index (κ1) is 21.3. The Bertz CT molecular complexity index is 1350. The Labute approximate surface area is 198 Å². The summed E-state index contributed by atoms with van der Waals surface area (Å²) < 4.78 is 45.9. The third kappa shape index (κ3) is 3.25.